The fraction of sp³-hybridized carbons (Fsp3) is 0.950. The van der Waals surface area contributed by atoms with Crippen LogP contribution in [-0.2, 0) is 14.3 Å². The van der Waals surface area contributed by atoms with Crippen molar-refractivity contribution < 1.29 is 24.5 Å². The predicted molar refractivity (Wildman–Crippen MR) is 192 cm³/mol. The number of esters is 1. The lowest BCUT2D eigenvalue weighted by Gasteiger charge is -2.19. The smallest absolute Gasteiger partial charge is 0.335 e. The zero-order valence-corrected chi connectivity index (χ0v) is 30.3. The summed E-state index contributed by atoms with van der Waals surface area (Å²) >= 11 is 0. The molecule has 0 spiro atoms. The minimum Gasteiger partial charge on any atom is -0.481 e. The summed E-state index contributed by atoms with van der Waals surface area (Å²) in [5.41, 5.74) is 0. The second-order valence-corrected chi connectivity index (χ2v) is 14.0. The van der Waals surface area contributed by atoms with Gasteiger partial charge in [-0.25, -0.2) is 4.79 Å². The molecule has 0 heterocycles. The number of hydrogen-bond acceptors (Lipinski definition) is 4. The molecule has 0 aliphatic rings. The Morgan fingerprint density at radius 2 is 0.689 bits per heavy atom. The molecule has 5 heteroatoms. The summed E-state index contributed by atoms with van der Waals surface area (Å²) in [5, 5.41) is 18.8. The fourth-order valence-corrected chi connectivity index (χ4v) is 6.42. The molecular formula is C40H78O5. The van der Waals surface area contributed by atoms with Crippen LogP contribution >= 0.6 is 0 Å². The van der Waals surface area contributed by atoms with Crippen molar-refractivity contribution in [2.75, 3.05) is 0 Å². The lowest BCUT2D eigenvalue weighted by molar-refractivity contribution is -0.163. The highest BCUT2D eigenvalue weighted by Crippen LogP contribution is 2.19. The maximum Gasteiger partial charge on any atom is 0.335 e. The highest BCUT2D eigenvalue weighted by atomic mass is 16.6. The summed E-state index contributed by atoms with van der Waals surface area (Å²) in [6.07, 6.45) is 40.3. The number of hydrogen-bond donors (Lipinski definition) is 2. The minimum absolute atomic E-state index is 0.213. The van der Waals surface area contributed by atoms with E-state index >= 15 is 0 Å². The topological polar surface area (TPSA) is 83.8 Å². The van der Waals surface area contributed by atoms with Gasteiger partial charge in [-0.05, 0) is 25.7 Å². The first-order valence-corrected chi connectivity index (χ1v) is 20.1. The van der Waals surface area contributed by atoms with E-state index in [0.717, 1.165) is 38.5 Å². The molecule has 2 N–H and O–H groups in total. The Morgan fingerprint density at radius 1 is 0.444 bits per heavy atom. The van der Waals surface area contributed by atoms with Gasteiger partial charge in [0.1, 0.15) is 6.10 Å². The molecule has 2 unspecified atom stereocenters. The molecule has 0 saturated carbocycles. The number of carbonyl (C=O) groups excluding carboxylic acids is 1. The molecule has 0 fully saturated rings. The first-order chi connectivity index (χ1) is 22.0. The number of rotatable bonds is 37. The summed E-state index contributed by atoms with van der Waals surface area (Å²) in [7, 11) is 0. The van der Waals surface area contributed by atoms with Gasteiger partial charge in [-0.3, -0.25) is 4.79 Å². The number of ether oxygens (including phenoxy) is 1. The molecule has 0 rings (SSSR count). The van der Waals surface area contributed by atoms with Crippen LogP contribution in [0.2, 0.25) is 0 Å². The molecule has 0 radical (unpaired) electrons. The predicted octanol–water partition coefficient (Wildman–Crippen LogP) is 12.6. The Labute approximate surface area is 280 Å². The van der Waals surface area contributed by atoms with Crippen molar-refractivity contribution in [1.29, 1.82) is 0 Å². The third-order valence-corrected chi connectivity index (χ3v) is 9.43. The normalized spacial score (nSPS) is 12.8. The quantitative estimate of drug-likeness (QED) is 0.0522. The Kier molecular flexibility index (Phi) is 34.9. The molecule has 0 saturated heterocycles. The van der Waals surface area contributed by atoms with E-state index in [1.165, 1.54) is 173 Å². The molecule has 0 aliphatic carbocycles. The van der Waals surface area contributed by atoms with Crippen molar-refractivity contribution in [3.8, 4) is 0 Å². The summed E-state index contributed by atoms with van der Waals surface area (Å²) in [6.45, 7) is 4.55. The van der Waals surface area contributed by atoms with Crippen LogP contribution in [0.3, 0.4) is 0 Å². The molecule has 0 amide bonds. The fourth-order valence-electron chi connectivity index (χ4n) is 6.42. The number of unbranched alkanes of at least 4 members (excludes halogenated alkanes) is 29. The first-order valence-electron chi connectivity index (χ1n) is 20.1. The van der Waals surface area contributed by atoms with Gasteiger partial charge in [0, 0.05) is 0 Å². The molecule has 0 aliphatic heterocycles. The van der Waals surface area contributed by atoms with Crippen LogP contribution < -0.4 is 0 Å². The van der Waals surface area contributed by atoms with Crippen LogP contribution in [0.1, 0.15) is 232 Å². The molecule has 0 aromatic rings. The van der Waals surface area contributed by atoms with Gasteiger partial charge in [0.15, 0.2) is 6.10 Å². The van der Waals surface area contributed by atoms with Crippen molar-refractivity contribution in [2.45, 2.75) is 244 Å². The van der Waals surface area contributed by atoms with Gasteiger partial charge in [-0.15, -0.1) is 0 Å². The molecular weight excluding hydrogens is 560 g/mol. The highest BCUT2D eigenvalue weighted by Gasteiger charge is 2.23. The average molecular weight is 639 g/mol. The SMILES string of the molecule is CCCCCCCCCCCCCCCCCCC(CCCCCCCCCCCCCCCCC)OC(=O)C(O)CC(=O)O. The average Bonchev–Trinajstić information content (AvgIpc) is 3.02. The zero-order chi connectivity index (χ0) is 33.1. The maximum absolute atomic E-state index is 12.3. The molecule has 268 valence electrons. The highest BCUT2D eigenvalue weighted by molar-refractivity contribution is 5.80. The van der Waals surface area contributed by atoms with Crippen molar-refractivity contribution in [3.05, 3.63) is 0 Å². The van der Waals surface area contributed by atoms with Crippen LogP contribution in [0.25, 0.3) is 0 Å². The van der Waals surface area contributed by atoms with Crippen LogP contribution in [0.15, 0.2) is 0 Å². The molecule has 0 aromatic carbocycles. The van der Waals surface area contributed by atoms with E-state index in [-0.39, 0.29) is 6.10 Å². The lowest BCUT2D eigenvalue weighted by Crippen LogP contribution is -2.30. The monoisotopic (exact) mass is 639 g/mol. The summed E-state index contributed by atoms with van der Waals surface area (Å²) in [4.78, 5) is 23.2. The molecule has 2 atom stereocenters. The van der Waals surface area contributed by atoms with Crippen molar-refractivity contribution in [1.82, 2.24) is 0 Å². The van der Waals surface area contributed by atoms with Gasteiger partial charge in [0.05, 0.1) is 6.42 Å². The summed E-state index contributed by atoms with van der Waals surface area (Å²) in [5.74, 6) is -1.96. The van der Waals surface area contributed by atoms with E-state index in [1.54, 1.807) is 0 Å². The molecule has 0 bridgehead atoms. The van der Waals surface area contributed by atoms with Crippen molar-refractivity contribution >= 4 is 11.9 Å². The van der Waals surface area contributed by atoms with Gasteiger partial charge in [0.25, 0.3) is 0 Å². The van der Waals surface area contributed by atoms with E-state index in [9.17, 15) is 14.7 Å². The van der Waals surface area contributed by atoms with Crippen LogP contribution in [0.5, 0.6) is 0 Å². The Morgan fingerprint density at radius 3 is 0.933 bits per heavy atom. The van der Waals surface area contributed by atoms with Crippen LogP contribution in [0.4, 0.5) is 0 Å². The Hall–Kier alpha value is -1.10. The summed E-state index contributed by atoms with van der Waals surface area (Å²) < 4.78 is 5.60. The van der Waals surface area contributed by atoms with Gasteiger partial charge in [0.2, 0.25) is 0 Å². The number of carboxylic acid groups (broad SMARTS) is 1. The lowest BCUT2D eigenvalue weighted by atomic mass is 10.0. The number of carboxylic acids is 1. The van der Waals surface area contributed by atoms with Gasteiger partial charge in [-0.2, -0.15) is 0 Å². The maximum atomic E-state index is 12.3. The molecule has 0 aromatic heterocycles. The Bertz CT molecular complexity index is 622. The van der Waals surface area contributed by atoms with Gasteiger partial charge in [-0.1, -0.05) is 200 Å². The van der Waals surface area contributed by atoms with Crippen LogP contribution in [-0.4, -0.2) is 34.4 Å². The van der Waals surface area contributed by atoms with Crippen molar-refractivity contribution in [2.24, 2.45) is 0 Å². The minimum atomic E-state index is -1.57. The van der Waals surface area contributed by atoms with Crippen LogP contribution in [0, 0.1) is 0 Å². The van der Waals surface area contributed by atoms with E-state index in [4.69, 9.17) is 9.84 Å². The number of aliphatic hydroxyl groups is 1. The zero-order valence-electron chi connectivity index (χ0n) is 30.3. The molecule has 5 nitrogen and oxygen atoms in total. The summed E-state index contributed by atoms with van der Waals surface area (Å²) in [6, 6.07) is 0. The standard InChI is InChI=1S/C40H78O5/c1-3-5-7-9-11-13-15-17-19-21-23-25-27-29-31-33-35-37(45-40(44)38(41)36-39(42)43)34-32-30-28-26-24-22-20-18-16-14-12-10-8-6-4-2/h37-38,41H,3-36H2,1-2H3,(H,42,43). The first kappa shape index (κ1) is 43.9. The van der Waals surface area contributed by atoms with Gasteiger partial charge >= 0.3 is 11.9 Å². The molecule has 45 heavy (non-hydrogen) atoms. The van der Waals surface area contributed by atoms with Crippen molar-refractivity contribution in [3.63, 3.8) is 0 Å². The second-order valence-electron chi connectivity index (χ2n) is 14.0. The van der Waals surface area contributed by atoms with E-state index in [0.29, 0.717) is 0 Å². The number of aliphatic carboxylic acids is 1. The third kappa shape index (κ3) is 34.1. The van der Waals surface area contributed by atoms with E-state index < -0.39 is 24.5 Å². The number of carbonyl (C=O) groups is 2. The number of aliphatic hydroxyl groups excluding tert-OH is 1. The largest absolute Gasteiger partial charge is 0.481 e. The Balaban J connectivity index is 3.92. The van der Waals surface area contributed by atoms with E-state index in [2.05, 4.69) is 13.8 Å². The third-order valence-electron chi connectivity index (χ3n) is 9.43. The second kappa shape index (κ2) is 35.7. The van der Waals surface area contributed by atoms with Gasteiger partial charge < -0.3 is 14.9 Å². The van der Waals surface area contributed by atoms with E-state index in [1.807, 2.05) is 0 Å².